The van der Waals surface area contributed by atoms with Crippen molar-refractivity contribution in [2.75, 3.05) is 18.1 Å². The minimum absolute atomic E-state index is 0.231. The molecule has 25 heavy (non-hydrogen) atoms. The number of hydrogen-bond donors (Lipinski definition) is 3. The molecule has 0 saturated heterocycles. The average molecular weight is 413 g/mol. The van der Waals surface area contributed by atoms with Crippen LogP contribution in [0.3, 0.4) is 0 Å². The normalized spacial score (nSPS) is 14.3. The topological polar surface area (TPSA) is 72.8 Å². The first kappa shape index (κ1) is 17.6. The summed E-state index contributed by atoms with van der Waals surface area (Å²) in [5, 5.41) is 21.6. The summed E-state index contributed by atoms with van der Waals surface area (Å²) >= 11 is 3.12. The van der Waals surface area contributed by atoms with Crippen LogP contribution in [0.1, 0.15) is 17.2 Å². The molecule has 132 valence electrons. The van der Waals surface area contributed by atoms with Gasteiger partial charge >= 0.3 is 6.03 Å². The molecule has 2 aromatic carbocycles. The zero-order chi connectivity index (χ0) is 18.1. The maximum absolute atomic E-state index is 13.8. The van der Waals surface area contributed by atoms with Crippen LogP contribution in [-0.2, 0) is 6.42 Å². The van der Waals surface area contributed by atoms with Crippen LogP contribution >= 0.6 is 15.9 Å². The highest BCUT2D eigenvalue weighted by Crippen LogP contribution is 2.33. The number of aromatic hydroxyl groups is 1. The van der Waals surface area contributed by atoms with Crippen LogP contribution < -0.4 is 10.2 Å². The van der Waals surface area contributed by atoms with E-state index in [0.29, 0.717) is 23.1 Å². The second kappa shape index (κ2) is 6.97. The summed E-state index contributed by atoms with van der Waals surface area (Å²) in [5.41, 5.74) is 1.51. The Hall–Kier alpha value is -2.19. The van der Waals surface area contributed by atoms with Gasteiger partial charge in [-0.1, -0.05) is 0 Å². The van der Waals surface area contributed by atoms with Gasteiger partial charge in [0.05, 0.1) is 22.8 Å². The van der Waals surface area contributed by atoms with E-state index in [1.807, 2.05) is 0 Å². The Morgan fingerprint density at radius 3 is 2.72 bits per heavy atom. The number of carbonyl (C=O) groups excluding carboxylic acids is 1. The second-order valence-electron chi connectivity index (χ2n) is 5.72. The maximum Gasteiger partial charge on any atom is 0.322 e. The molecule has 0 unspecified atom stereocenters. The highest BCUT2D eigenvalue weighted by molar-refractivity contribution is 9.10. The molecule has 0 fully saturated rings. The second-order valence-corrected chi connectivity index (χ2v) is 6.58. The summed E-state index contributed by atoms with van der Waals surface area (Å²) in [6.45, 7) is -0.117. The minimum Gasteiger partial charge on any atom is -0.508 e. The third-order valence-electron chi connectivity index (χ3n) is 4.05. The fourth-order valence-corrected chi connectivity index (χ4v) is 3.24. The molecule has 2 amide bonds. The average Bonchev–Trinajstić information content (AvgIpc) is 2.94. The van der Waals surface area contributed by atoms with Crippen LogP contribution in [-0.4, -0.2) is 29.4 Å². The van der Waals surface area contributed by atoms with Crippen molar-refractivity contribution in [1.82, 2.24) is 5.32 Å². The highest BCUT2D eigenvalue weighted by atomic mass is 79.9. The van der Waals surface area contributed by atoms with Gasteiger partial charge in [0.15, 0.2) is 0 Å². The number of benzene rings is 2. The Morgan fingerprint density at radius 1 is 1.28 bits per heavy atom. The molecule has 8 heteroatoms. The molecule has 0 aromatic heterocycles. The van der Waals surface area contributed by atoms with Gasteiger partial charge in [-0.05, 0) is 57.7 Å². The van der Waals surface area contributed by atoms with Gasteiger partial charge in [-0.3, -0.25) is 4.90 Å². The Balaban J connectivity index is 1.82. The fourth-order valence-electron chi connectivity index (χ4n) is 2.85. The standard InChI is InChI=1S/C17H15BrF2N2O3/c18-13-5-9-1-2-22(16(9)7-14(13)20)17(25)21-15(8-23)10-3-11(19)6-12(24)4-10/h3-7,15,23-24H,1-2,8H2,(H,21,25)/t15-/m1/s1. The van der Waals surface area contributed by atoms with Crippen molar-refractivity contribution in [1.29, 1.82) is 0 Å². The third kappa shape index (κ3) is 3.59. The Morgan fingerprint density at radius 2 is 2.04 bits per heavy atom. The van der Waals surface area contributed by atoms with Crippen LogP contribution in [0.5, 0.6) is 5.75 Å². The Kier molecular flexibility index (Phi) is 4.91. The van der Waals surface area contributed by atoms with Gasteiger partial charge in [-0.25, -0.2) is 13.6 Å². The molecule has 1 aliphatic heterocycles. The van der Waals surface area contributed by atoms with Crippen molar-refractivity contribution in [3.05, 3.63) is 57.6 Å². The minimum atomic E-state index is -0.904. The summed E-state index contributed by atoms with van der Waals surface area (Å²) in [4.78, 5) is 13.9. The Bertz CT molecular complexity index is 812. The lowest BCUT2D eigenvalue weighted by Gasteiger charge is -2.23. The number of halogens is 3. The molecule has 3 N–H and O–H groups in total. The molecule has 3 rings (SSSR count). The fraction of sp³-hybridized carbons (Fsp3) is 0.235. The lowest BCUT2D eigenvalue weighted by molar-refractivity contribution is 0.221. The SMILES string of the molecule is O=C(N[C@H](CO)c1cc(O)cc(F)c1)N1CCc2cc(Br)c(F)cc21. The zero-order valence-corrected chi connectivity index (χ0v) is 14.6. The van der Waals surface area contributed by atoms with Crippen molar-refractivity contribution in [2.45, 2.75) is 12.5 Å². The number of aliphatic hydroxyl groups is 1. The van der Waals surface area contributed by atoms with E-state index >= 15 is 0 Å². The molecule has 0 spiro atoms. The summed E-state index contributed by atoms with van der Waals surface area (Å²) in [5.74, 6) is -1.46. The number of anilines is 1. The number of phenolic OH excluding ortho intramolecular Hbond substituents is 1. The lowest BCUT2D eigenvalue weighted by Crippen LogP contribution is -2.42. The van der Waals surface area contributed by atoms with Crippen LogP contribution in [0.2, 0.25) is 0 Å². The van der Waals surface area contributed by atoms with Gasteiger partial charge in [0.1, 0.15) is 17.4 Å². The van der Waals surface area contributed by atoms with Crippen molar-refractivity contribution >= 4 is 27.6 Å². The summed E-state index contributed by atoms with van der Waals surface area (Å²) in [6.07, 6.45) is 0.576. The van der Waals surface area contributed by atoms with E-state index in [2.05, 4.69) is 21.2 Å². The summed E-state index contributed by atoms with van der Waals surface area (Å²) in [7, 11) is 0. The molecule has 0 aliphatic carbocycles. The molecule has 1 heterocycles. The van der Waals surface area contributed by atoms with Gasteiger partial charge in [0, 0.05) is 12.6 Å². The van der Waals surface area contributed by atoms with E-state index in [1.54, 1.807) is 6.07 Å². The predicted molar refractivity (Wildman–Crippen MR) is 91.6 cm³/mol. The van der Waals surface area contributed by atoms with Gasteiger partial charge in [0.2, 0.25) is 0 Å². The van der Waals surface area contributed by atoms with Crippen LogP contribution in [0, 0.1) is 11.6 Å². The Labute approximate surface area is 151 Å². The number of rotatable bonds is 3. The number of nitrogens with zero attached hydrogens (tertiary/aromatic N) is 1. The van der Waals surface area contributed by atoms with Gasteiger partial charge in [-0.2, -0.15) is 0 Å². The third-order valence-corrected chi connectivity index (χ3v) is 4.66. The van der Waals surface area contributed by atoms with Crippen LogP contribution in [0.15, 0.2) is 34.8 Å². The number of urea groups is 1. The van der Waals surface area contributed by atoms with Crippen LogP contribution in [0.25, 0.3) is 0 Å². The predicted octanol–water partition coefficient (Wildman–Crippen LogP) is 3.24. The molecule has 5 nitrogen and oxygen atoms in total. The van der Waals surface area contributed by atoms with E-state index < -0.39 is 30.3 Å². The first-order valence-electron chi connectivity index (χ1n) is 7.55. The van der Waals surface area contributed by atoms with Crippen molar-refractivity contribution in [2.24, 2.45) is 0 Å². The van der Waals surface area contributed by atoms with E-state index in [9.17, 15) is 23.8 Å². The first-order valence-corrected chi connectivity index (χ1v) is 8.34. The molecular formula is C17H15BrF2N2O3. The number of phenols is 1. The zero-order valence-electron chi connectivity index (χ0n) is 13.0. The molecule has 0 saturated carbocycles. The molecule has 2 aromatic rings. The molecular weight excluding hydrogens is 398 g/mol. The number of nitrogens with one attached hydrogen (secondary N) is 1. The lowest BCUT2D eigenvalue weighted by atomic mass is 10.1. The molecule has 1 atom stereocenters. The van der Waals surface area contributed by atoms with Gasteiger partial charge in [0.25, 0.3) is 0 Å². The van der Waals surface area contributed by atoms with Gasteiger partial charge < -0.3 is 15.5 Å². The number of carbonyl (C=O) groups is 1. The van der Waals surface area contributed by atoms with E-state index in [4.69, 9.17) is 0 Å². The molecule has 0 bridgehead atoms. The molecule has 0 radical (unpaired) electrons. The number of amides is 2. The largest absolute Gasteiger partial charge is 0.508 e. The van der Waals surface area contributed by atoms with Crippen LogP contribution in [0.4, 0.5) is 19.3 Å². The smallest absolute Gasteiger partial charge is 0.322 e. The van der Waals surface area contributed by atoms with Gasteiger partial charge in [-0.15, -0.1) is 0 Å². The van der Waals surface area contributed by atoms with E-state index in [-0.39, 0.29) is 11.3 Å². The van der Waals surface area contributed by atoms with Crippen molar-refractivity contribution in [3.63, 3.8) is 0 Å². The molecule has 1 aliphatic rings. The van der Waals surface area contributed by atoms with E-state index in [1.165, 1.54) is 17.0 Å². The maximum atomic E-state index is 13.8. The number of aliphatic hydroxyl groups excluding tert-OH is 1. The van der Waals surface area contributed by atoms with E-state index in [0.717, 1.165) is 17.7 Å². The number of fused-ring (bicyclic) bond motifs is 1. The first-order chi connectivity index (χ1) is 11.9. The van der Waals surface area contributed by atoms with Crippen molar-refractivity contribution in [3.8, 4) is 5.75 Å². The van der Waals surface area contributed by atoms with Crippen molar-refractivity contribution < 1.29 is 23.8 Å². The summed E-state index contributed by atoms with van der Waals surface area (Å²) < 4.78 is 27.5. The monoisotopic (exact) mass is 412 g/mol. The quantitative estimate of drug-likeness (QED) is 0.724. The summed E-state index contributed by atoms with van der Waals surface area (Å²) in [6, 6.07) is 4.77. The highest BCUT2D eigenvalue weighted by Gasteiger charge is 2.28. The number of hydrogen-bond acceptors (Lipinski definition) is 3.